The maximum atomic E-state index is 5.31. The van der Waals surface area contributed by atoms with Gasteiger partial charge in [-0.05, 0) is 32.0 Å². The second-order valence-corrected chi connectivity index (χ2v) is 5.87. The van der Waals surface area contributed by atoms with Crippen LogP contribution in [0.15, 0.2) is 5.51 Å². The van der Waals surface area contributed by atoms with Crippen LogP contribution in [0.25, 0.3) is 0 Å². The smallest absolute Gasteiger partial charge is 0.166 e. The highest BCUT2D eigenvalue weighted by Gasteiger charge is 2.13. The highest BCUT2D eigenvalue weighted by molar-refractivity contribution is 7.80. The summed E-state index contributed by atoms with van der Waals surface area (Å²) in [5.74, 6) is 0. The lowest BCUT2D eigenvalue weighted by Gasteiger charge is -2.24. The van der Waals surface area contributed by atoms with Crippen molar-refractivity contribution in [3.8, 4) is 0 Å². The SMILES string of the molecule is Cc1ncsc1CNC(=S)NC1CCCCC1. The van der Waals surface area contributed by atoms with Gasteiger partial charge in [0.2, 0.25) is 0 Å². The van der Waals surface area contributed by atoms with Crippen molar-refractivity contribution in [2.24, 2.45) is 0 Å². The lowest BCUT2D eigenvalue weighted by molar-refractivity contribution is 0.412. The number of hydrogen-bond acceptors (Lipinski definition) is 3. The van der Waals surface area contributed by atoms with Crippen molar-refractivity contribution >= 4 is 28.7 Å². The van der Waals surface area contributed by atoms with Gasteiger partial charge in [-0.25, -0.2) is 4.98 Å². The average molecular weight is 269 g/mol. The Balaban J connectivity index is 1.72. The molecule has 0 atom stereocenters. The Kier molecular flexibility index (Phi) is 4.74. The minimum Gasteiger partial charge on any atom is -0.360 e. The molecule has 1 aromatic rings. The summed E-state index contributed by atoms with van der Waals surface area (Å²) in [6, 6.07) is 0.575. The fourth-order valence-corrected chi connectivity index (χ4v) is 3.10. The first-order valence-corrected chi connectivity index (χ1v) is 7.48. The molecule has 1 fully saturated rings. The monoisotopic (exact) mass is 269 g/mol. The molecular weight excluding hydrogens is 250 g/mol. The summed E-state index contributed by atoms with van der Waals surface area (Å²) in [5.41, 5.74) is 2.98. The van der Waals surface area contributed by atoms with E-state index in [2.05, 4.69) is 15.6 Å². The Labute approximate surface area is 112 Å². The van der Waals surface area contributed by atoms with E-state index in [0.29, 0.717) is 6.04 Å². The van der Waals surface area contributed by atoms with Crippen molar-refractivity contribution in [1.82, 2.24) is 15.6 Å². The largest absolute Gasteiger partial charge is 0.360 e. The van der Waals surface area contributed by atoms with Crippen molar-refractivity contribution in [2.75, 3.05) is 0 Å². The number of nitrogens with one attached hydrogen (secondary N) is 2. The summed E-state index contributed by atoms with van der Waals surface area (Å²) in [7, 11) is 0. The van der Waals surface area contributed by atoms with Crippen LogP contribution in [-0.2, 0) is 6.54 Å². The van der Waals surface area contributed by atoms with E-state index in [1.54, 1.807) is 11.3 Å². The van der Waals surface area contributed by atoms with Crippen LogP contribution in [0.5, 0.6) is 0 Å². The molecule has 94 valence electrons. The third-order valence-electron chi connectivity index (χ3n) is 3.19. The number of thiazole rings is 1. The van der Waals surface area contributed by atoms with E-state index in [1.165, 1.54) is 37.0 Å². The second-order valence-electron chi connectivity index (χ2n) is 4.52. The van der Waals surface area contributed by atoms with Crippen molar-refractivity contribution < 1.29 is 0 Å². The first-order chi connectivity index (χ1) is 8.25. The van der Waals surface area contributed by atoms with Crippen LogP contribution < -0.4 is 10.6 Å². The van der Waals surface area contributed by atoms with Gasteiger partial charge in [0.25, 0.3) is 0 Å². The molecule has 17 heavy (non-hydrogen) atoms. The zero-order valence-electron chi connectivity index (χ0n) is 10.2. The summed E-state index contributed by atoms with van der Waals surface area (Å²) in [6.45, 7) is 2.82. The van der Waals surface area contributed by atoms with Gasteiger partial charge in [-0.1, -0.05) is 19.3 Å². The standard InChI is InChI=1S/C12H19N3S2/c1-9-11(17-8-14-9)7-13-12(16)15-10-5-3-2-4-6-10/h8,10H,2-7H2,1H3,(H2,13,15,16). The third kappa shape index (κ3) is 3.92. The van der Waals surface area contributed by atoms with Gasteiger partial charge >= 0.3 is 0 Å². The van der Waals surface area contributed by atoms with E-state index >= 15 is 0 Å². The second kappa shape index (κ2) is 6.31. The van der Waals surface area contributed by atoms with Crippen LogP contribution >= 0.6 is 23.6 Å². The Bertz CT molecular complexity index is 370. The minimum absolute atomic E-state index is 0.575. The molecule has 1 saturated carbocycles. The van der Waals surface area contributed by atoms with Gasteiger partial charge in [-0.2, -0.15) is 0 Å². The zero-order valence-corrected chi connectivity index (χ0v) is 11.8. The van der Waals surface area contributed by atoms with Gasteiger partial charge < -0.3 is 10.6 Å². The topological polar surface area (TPSA) is 37.0 Å². The highest BCUT2D eigenvalue weighted by atomic mass is 32.1. The Morgan fingerprint density at radius 2 is 2.24 bits per heavy atom. The zero-order chi connectivity index (χ0) is 12.1. The van der Waals surface area contributed by atoms with E-state index in [4.69, 9.17) is 12.2 Å². The first-order valence-electron chi connectivity index (χ1n) is 6.19. The van der Waals surface area contributed by atoms with Crippen LogP contribution in [0.1, 0.15) is 42.7 Å². The molecule has 0 amide bonds. The lowest BCUT2D eigenvalue weighted by atomic mass is 9.96. The summed E-state index contributed by atoms with van der Waals surface area (Å²) < 4.78 is 0. The molecule has 0 bridgehead atoms. The van der Waals surface area contributed by atoms with Gasteiger partial charge in [-0.15, -0.1) is 11.3 Å². The quantitative estimate of drug-likeness (QED) is 0.827. The molecule has 0 aromatic carbocycles. The molecular formula is C12H19N3S2. The molecule has 0 saturated heterocycles. The van der Waals surface area contributed by atoms with E-state index in [-0.39, 0.29) is 0 Å². The van der Waals surface area contributed by atoms with Crippen molar-refractivity contribution in [3.05, 3.63) is 16.1 Å². The van der Waals surface area contributed by atoms with Crippen molar-refractivity contribution in [2.45, 2.75) is 51.6 Å². The Morgan fingerprint density at radius 3 is 2.88 bits per heavy atom. The van der Waals surface area contributed by atoms with Gasteiger partial charge in [-0.3, -0.25) is 0 Å². The summed E-state index contributed by atoms with van der Waals surface area (Å²) >= 11 is 6.99. The predicted molar refractivity (Wildman–Crippen MR) is 76.3 cm³/mol. The molecule has 3 nitrogen and oxygen atoms in total. The number of rotatable bonds is 3. The molecule has 0 unspecified atom stereocenters. The number of hydrogen-bond donors (Lipinski definition) is 2. The van der Waals surface area contributed by atoms with Gasteiger partial charge in [0.05, 0.1) is 17.7 Å². The Hall–Kier alpha value is -0.680. The van der Waals surface area contributed by atoms with E-state index in [9.17, 15) is 0 Å². The highest BCUT2D eigenvalue weighted by Crippen LogP contribution is 2.17. The molecule has 1 heterocycles. The van der Waals surface area contributed by atoms with Gasteiger partial charge in [0, 0.05) is 10.9 Å². The summed E-state index contributed by atoms with van der Waals surface area (Å²) in [6.07, 6.45) is 6.53. The normalized spacial score (nSPS) is 16.8. The van der Waals surface area contributed by atoms with Crippen LogP contribution in [-0.4, -0.2) is 16.1 Å². The minimum atomic E-state index is 0.575. The predicted octanol–water partition coefficient (Wildman–Crippen LogP) is 2.75. The maximum Gasteiger partial charge on any atom is 0.166 e. The van der Waals surface area contributed by atoms with Crippen LogP contribution in [0.3, 0.4) is 0 Å². The molecule has 0 aliphatic heterocycles. The van der Waals surface area contributed by atoms with Gasteiger partial charge in [0.15, 0.2) is 5.11 Å². The van der Waals surface area contributed by atoms with Crippen molar-refractivity contribution in [3.63, 3.8) is 0 Å². The van der Waals surface area contributed by atoms with E-state index in [1.807, 2.05) is 12.4 Å². The lowest BCUT2D eigenvalue weighted by Crippen LogP contribution is -2.42. The van der Waals surface area contributed by atoms with Crippen LogP contribution in [0, 0.1) is 6.92 Å². The molecule has 0 radical (unpaired) electrons. The van der Waals surface area contributed by atoms with E-state index in [0.717, 1.165) is 17.4 Å². The van der Waals surface area contributed by atoms with Crippen LogP contribution in [0.2, 0.25) is 0 Å². The fraction of sp³-hybridized carbons (Fsp3) is 0.667. The average Bonchev–Trinajstić information content (AvgIpc) is 2.74. The van der Waals surface area contributed by atoms with E-state index < -0.39 is 0 Å². The molecule has 2 rings (SSSR count). The first kappa shape index (κ1) is 12.8. The fourth-order valence-electron chi connectivity index (χ4n) is 2.14. The molecule has 0 spiro atoms. The van der Waals surface area contributed by atoms with Crippen LogP contribution in [0.4, 0.5) is 0 Å². The number of aromatic nitrogens is 1. The summed E-state index contributed by atoms with van der Waals surface area (Å²) in [4.78, 5) is 5.49. The number of aryl methyl sites for hydroxylation is 1. The number of nitrogens with zero attached hydrogens (tertiary/aromatic N) is 1. The molecule has 1 aliphatic rings. The molecule has 2 N–H and O–H groups in total. The summed E-state index contributed by atoms with van der Waals surface area (Å²) in [5, 5.41) is 7.45. The van der Waals surface area contributed by atoms with Gasteiger partial charge in [0.1, 0.15) is 0 Å². The Morgan fingerprint density at radius 1 is 1.47 bits per heavy atom. The van der Waals surface area contributed by atoms with Crippen molar-refractivity contribution in [1.29, 1.82) is 0 Å². The molecule has 1 aromatic heterocycles. The number of thiocarbonyl (C=S) groups is 1. The molecule has 5 heteroatoms. The third-order valence-corrected chi connectivity index (χ3v) is 4.39. The maximum absolute atomic E-state index is 5.31. The molecule has 1 aliphatic carbocycles.